The smallest absolute Gasteiger partial charge is 0.208 e. The van der Waals surface area contributed by atoms with E-state index in [4.69, 9.17) is 0 Å². The number of benzene rings is 2. The van der Waals surface area contributed by atoms with Gasteiger partial charge in [-0.05, 0) is 0 Å². The van der Waals surface area contributed by atoms with E-state index in [1.54, 1.807) is 0 Å². The van der Waals surface area contributed by atoms with Gasteiger partial charge in [-0.15, -0.1) is 0 Å². The van der Waals surface area contributed by atoms with Gasteiger partial charge in [-0.1, -0.05) is 0 Å². The summed E-state index contributed by atoms with van der Waals surface area (Å²) in [5, 5.41) is 105. The van der Waals surface area contributed by atoms with Crippen molar-refractivity contribution < 1.29 is 51.1 Å². The van der Waals surface area contributed by atoms with Gasteiger partial charge in [0.1, 0.15) is 5.92 Å². The van der Waals surface area contributed by atoms with Gasteiger partial charge < -0.3 is 51.1 Å². The topological polar surface area (TPSA) is 226 Å². The summed E-state index contributed by atoms with van der Waals surface area (Å²) in [6, 6.07) is 1.40. The Bertz CT molecular complexity index is 803. The molecule has 132 valence electrons. The lowest BCUT2D eigenvalue weighted by Crippen LogP contribution is -2.02. The Balaban J connectivity index is 2.93. The van der Waals surface area contributed by atoms with E-state index in [0.29, 0.717) is 0 Å². The molecule has 0 unspecified atom stereocenters. The molecule has 0 fully saturated rings. The van der Waals surface area contributed by atoms with Crippen LogP contribution >= 0.6 is 0 Å². The van der Waals surface area contributed by atoms with Crippen molar-refractivity contribution in [2.75, 3.05) is 0 Å². The maximum atomic E-state index is 9.85. The van der Waals surface area contributed by atoms with Crippen LogP contribution in [-0.2, 0) is 0 Å². The fourth-order valence-electron chi connectivity index (χ4n) is 2.23. The molecule has 0 radical (unpaired) electrons. The van der Waals surface area contributed by atoms with Gasteiger partial charge >= 0.3 is 0 Å². The molecular formula is C14H11NO10. The maximum Gasteiger partial charge on any atom is 0.208 e. The first-order valence-electron chi connectivity index (χ1n) is 6.33. The summed E-state index contributed by atoms with van der Waals surface area (Å²) in [4.78, 5) is 0. The van der Waals surface area contributed by atoms with Crippen molar-refractivity contribution in [3.8, 4) is 63.6 Å². The molecule has 2 aromatic carbocycles. The van der Waals surface area contributed by atoms with Crippen molar-refractivity contribution >= 4 is 0 Å². The van der Waals surface area contributed by atoms with E-state index < -0.39 is 74.5 Å². The number of rotatable bonds is 2. The van der Waals surface area contributed by atoms with Crippen molar-refractivity contribution in [1.82, 2.24) is 0 Å². The van der Waals surface area contributed by atoms with Gasteiger partial charge in [0.2, 0.25) is 34.5 Å². The number of nitrogens with zero attached hydrogens (tertiary/aromatic N) is 1. The average molecular weight is 353 g/mol. The number of aromatic hydroxyl groups is 10. The monoisotopic (exact) mass is 353 g/mol. The molecule has 2 rings (SSSR count). The molecular weight excluding hydrogens is 342 g/mol. The molecule has 0 aliphatic heterocycles. The molecule has 0 amide bonds. The molecule has 25 heavy (non-hydrogen) atoms. The molecule has 0 bridgehead atoms. The molecule has 0 atom stereocenters. The van der Waals surface area contributed by atoms with Crippen LogP contribution in [-0.4, -0.2) is 51.1 Å². The van der Waals surface area contributed by atoms with Gasteiger partial charge in [-0.25, -0.2) is 0 Å². The number of hydrogen-bond acceptors (Lipinski definition) is 11. The van der Waals surface area contributed by atoms with E-state index >= 15 is 0 Å². The fourth-order valence-corrected chi connectivity index (χ4v) is 2.23. The zero-order valence-electron chi connectivity index (χ0n) is 12.0. The van der Waals surface area contributed by atoms with E-state index in [9.17, 15) is 56.3 Å². The molecule has 11 heteroatoms. The van der Waals surface area contributed by atoms with Crippen molar-refractivity contribution in [3.05, 3.63) is 11.1 Å². The molecule has 0 saturated heterocycles. The minimum absolute atomic E-state index is 0.967. The average Bonchev–Trinajstić information content (AvgIpc) is 2.60. The number of hydrogen-bond donors (Lipinski definition) is 10. The summed E-state index contributed by atoms with van der Waals surface area (Å²) in [7, 11) is 0. The fraction of sp³-hybridized carbons (Fsp3) is 0.0714. The minimum atomic E-state index is -2.07. The van der Waals surface area contributed by atoms with Crippen LogP contribution in [0.3, 0.4) is 0 Å². The number of phenols is 10. The Morgan fingerprint density at radius 3 is 0.840 bits per heavy atom. The van der Waals surface area contributed by atoms with Gasteiger partial charge in [0.25, 0.3) is 0 Å². The predicted molar refractivity (Wildman–Crippen MR) is 77.0 cm³/mol. The zero-order valence-corrected chi connectivity index (χ0v) is 12.0. The first-order chi connectivity index (χ1) is 11.6. The third-order valence-electron chi connectivity index (χ3n) is 3.52. The first-order valence-corrected chi connectivity index (χ1v) is 6.33. The third-order valence-corrected chi connectivity index (χ3v) is 3.52. The van der Waals surface area contributed by atoms with Crippen LogP contribution < -0.4 is 0 Å². The molecule has 11 nitrogen and oxygen atoms in total. The summed E-state index contributed by atoms with van der Waals surface area (Å²) in [6.45, 7) is 0. The second-order valence-corrected chi connectivity index (χ2v) is 4.88. The molecule has 0 heterocycles. The van der Waals surface area contributed by atoms with E-state index in [-0.39, 0.29) is 0 Å². The van der Waals surface area contributed by atoms with Gasteiger partial charge in [-0.2, -0.15) is 5.26 Å². The van der Waals surface area contributed by atoms with Crippen LogP contribution in [0.25, 0.3) is 0 Å². The summed E-state index contributed by atoms with van der Waals surface area (Å²) in [5.74, 6) is -15.1. The highest BCUT2D eigenvalue weighted by molar-refractivity contribution is 5.75. The van der Waals surface area contributed by atoms with Crippen molar-refractivity contribution in [2.24, 2.45) is 0 Å². The van der Waals surface area contributed by atoms with E-state index in [0.717, 1.165) is 0 Å². The third kappa shape index (κ3) is 2.20. The molecule has 0 aliphatic carbocycles. The second kappa shape index (κ2) is 5.53. The maximum absolute atomic E-state index is 9.85. The van der Waals surface area contributed by atoms with Gasteiger partial charge in [0, 0.05) is 0 Å². The minimum Gasteiger partial charge on any atom is -0.504 e. The quantitative estimate of drug-likeness (QED) is 0.262. The van der Waals surface area contributed by atoms with Crippen LogP contribution in [0.2, 0.25) is 0 Å². The standard InChI is InChI=1S/C14H11NO10/c15-1-2(3-5(16)9(20)13(24)10(21)6(3)17)4-7(18)11(22)14(25)12(23)8(4)19/h2,16-25H. The van der Waals surface area contributed by atoms with Crippen LogP contribution in [0.15, 0.2) is 0 Å². The number of phenolic OH excluding ortho intramolecular Hbond substituents is 10. The molecule has 0 aromatic heterocycles. The van der Waals surface area contributed by atoms with Gasteiger partial charge in [0.05, 0.1) is 17.2 Å². The van der Waals surface area contributed by atoms with E-state index in [2.05, 4.69) is 0 Å². The first kappa shape index (κ1) is 17.3. The SMILES string of the molecule is N#CC(c1c(O)c(O)c(O)c(O)c1O)c1c(O)c(O)c(O)c(O)c1O. The highest BCUT2D eigenvalue weighted by Crippen LogP contribution is 2.59. The highest BCUT2D eigenvalue weighted by atomic mass is 16.4. The second-order valence-electron chi connectivity index (χ2n) is 4.88. The Labute approximate surface area is 138 Å². The van der Waals surface area contributed by atoms with Crippen molar-refractivity contribution in [2.45, 2.75) is 5.92 Å². The normalized spacial score (nSPS) is 10.7. The number of nitriles is 1. The van der Waals surface area contributed by atoms with Crippen LogP contribution in [0.1, 0.15) is 17.0 Å². The molecule has 0 saturated carbocycles. The van der Waals surface area contributed by atoms with E-state index in [1.807, 2.05) is 0 Å². The van der Waals surface area contributed by atoms with Crippen LogP contribution in [0.4, 0.5) is 0 Å². The van der Waals surface area contributed by atoms with Crippen LogP contribution in [0, 0.1) is 11.3 Å². The summed E-state index contributed by atoms with van der Waals surface area (Å²) in [5.41, 5.74) is -1.93. The Morgan fingerprint density at radius 1 is 0.440 bits per heavy atom. The Hall–Kier alpha value is -4.07. The van der Waals surface area contributed by atoms with E-state index in [1.165, 1.54) is 6.07 Å². The molecule has 10 N–H and O–H groups in total. The zero-order chi connectivity index (χ0) is 19.2. The van der Waals surface area contributed by atoms with Gasteiger partial charge in [0.15, 0.2) is 23.0 Å². The van der Waals surface area contributed by atoms with Gasteiger partial charge in [-0.3, -0.25) is 0 Å². The largest absolute Gasteiger partial charge is 0.504 e. The summed E-state index contributed by atoms with van der Waals surface area (Å²) in [6.07, 6.45) is 0. The summed E-state index contributed by atoms with van der Waals surface area (Å²) >= 11 is 0. The molecule has 0 spiro atoms. The lowest BCUT2D eigenvalue weighted by molar-refractivity contribution is 0.318. The van der Waals surface area contributed by atoms with Crippen LogP contribution in [0.5, 0.6) is 57.5 Å². The Kier molecular flexibility index (Phi) is 3.83. The lowest BCUT2D eigenvalue weighted by atomic mass is 9.88. The predicted octanol–water partition coefficient (Wildman–Crippen LogP) is 0.398. The molecule has 2 aromatic rings. The summed E-state index contributed by atoms with van der Waals surface area (Å²) < 4.78 is 0. The lowest BCUT2D eigenvalue weighted by Gasteiger charge is -2.19. The highest BCUT2D eigenvalue weighted by Gasteiger charge is 2.35. The molecule has 0 aliphatic rings. The van der Waals surface area contributed by atoms with Crippen molar-refractivity contribution in [1.29, 1.82) is 5.26 Å². The Morgan fingerprint density at radius 2 is 0.640 bits per heavy atom. The van der Waals surface area contributed by atoms with Crippen molar-refractivity contribution in [3.63, 3.8) is 0 Å².